The van der Waals surface area contributed by atoms with Crippen LogP contribution in [-0.2, 0) is 14.3 Å². The van der Waals surface area contributed by atoms with Crippen molar-refractivity contribution in [1.29, 1.82) is 0 Å². The molecule has 1 aromatic rings. The first-order chi connectivity index (χ1) is 11.0. The van der Waals surface area contributed by atoms with Gasteiger partial charge in [-0.25, -0.2) is 9.59 Å². The van der Waals surface area contributed by atoms with E-state index in [9.17, 15) is 9.59 Å². The van der Waals surface area contributed by atoms with Crippen LogP contribution in [0.2, 0.25) is 5.02 Å². The smallest absolute Gasteiger partial charge is 0.338 e. The molecule has 0 aliphatic carbocycles. The van der Waals surface area contributed by atoms with Crippen molar-refractivity contribution in [2.75, 3.05) is 19.8 Å². The number of allylic oxidation sites excluding steroid dienone is 1. The summed E-state index contributed by atoms with van der Waals surface area (Å²) in [5, 5.41) is 5.91. The number of halogens is 1. The molecule has 0 aromatic heterocycles. The summed E-state index contributed by atoms with van der Waals surface area (Å²) in [5.41, 5.74) is 1.58. The van der Waals surface area contributed by atoms with Crippen LogP contribution in [0.1, 0.15) is 25.5 Å². The van der Waals surface area contributed by atoms with Gasteiger partial charge in [0.1, 0.15) is 6.61 Å². The lowest BCUT2D eigenvalue weighted by Gasteiger charge is -2.28. The highest BCUT2D eigenvalue weighted by Crippen LogP contribution is 2.28. The second kappa shape index (κ2) is 7.99. The summed E-state index contributed by atoms with van der Waals surface area (Å²) in [5.74, 6) is -0.491. The first-order valence-electron chi connectivity index (χ1n) is 7.31. The van der Waals surface area contributed by atoms with Gasteiger partial charge in [-0.05, 0) is 31.5 Å². The van der Waals surface area contributed by atoms with Crippen LogP contribution in [0.3, 0.4) is 0 Å². The molecular weight excluding hydrogens is 320 g/mol. The molecule has 2 rings (SSSR count). The lowest BCUT2D eigenvalue weighted by molar-refractivity contribution is -0.141. The summed E-state index contributed by atoms with van der Waals surface area (Å²) < 4.78 is 10.4. The van der Waals surface area contributed by atoms with Gasteiger partial charge >= 0.3 is 12.0 Å². The molecule has 0 spiro atoms. The fourth-order valence-corrected chi connectivity index (χ4v) is 2.41. The van der Waals surface area contributed by atoms with Crippen molar-refractivity contribution in [3.05, 3.63) is 46.1 Å². The summed E-state index contributed by atoms with van der Waals surface area (Å²) in [6, 6.07) is 5.99. The summed E-state index contributed by atoms with van der Waals surface area (Å²) >= 11 is 5.89. The number of nitrogens with one attached hydrogen (secondary N) is 2. The number of amides is 2. The molecule has 23 heavy (non-hydrogen) atoms. The molecule has 6 nitrogen and oxygen atoms in total. The molecule has 1 heterocycles. The van der Waals surface area contributed by atoms with E-state index in [4.69, 9.17) is 21.1 Å². The maximum atomic E-state index is 12.4. The zero-order valence-electron chi connectivity index (χ0n) is 13.0. The molecule has 0 bridgehead atoms. The minimum Gasteiger partial charge on any atom is -0.460 e. The maximum Gasteiger partial charge on any atom is 0.338 e. The number of urea groups is 1. The lowest BCUT2D eigenvalue weighted by Crippen LogP contribution is -2.45. The van der Waals surface area contributed by atoms with Gasteiger partial charge in [-0.2, -0.15) is 0 Å². The molecule has 0 saturated heterocycles. The van der Waals surface area contributed by atoms with Gasteiger partial charge < -0.3 is 20.1 Å². The van der Waals surface area contributed by atoms with E-state index >= 15 is 0 Å². The number of benzene rings is 1. The lowest BCUT2D eigenvalue weighted by atomic mass is 9.96. The third-order valence-electron chi connectivity index (χ3n) is 3.36. The number of carbonyl (C=O) groups excluding carboxylic acids is 2. The average molecular weight is 339 g/mol. The fourth-order valence-electron chi connectivity index (χ4n) is 2.29. The van der Waals surface area contributed by atoms with Gasteiger partial charge in [-0.15, -0.1) is 0 Å². The van der Waals surface area contributed by atoms with Crippen LogP contribution < -0.4 is 10.6 Å². The summed E-state index contributed by atoms with van der Waals surface area (Å²) in [7, 11) is 0. The number of rotatable bonds is 6. The Balaban J connectivity index is 2.20. The van der Waals surface area contributed by atoms with E-state index in [0.717, 1.165) is 5.56 Å². The van der Waals surface area contributed by atoms with E-state index in [1.54, 1.807) is 31.2 Å². The minimum atomic E-state index is -0.583. The van der Waals surface area contributed by atoms with Gasteiger partial charge in [0.2, 0.25) is 0 Å². The van der Waals surface area contributed by atoms with E-state index in [1.807, 2.05) is 6.92 Å². The van der Waals surface area contributed by atoms with Crippen molar-refractivity contribution < 1.29 is 19.1 Å². The van der Waals surface area contributed by atoms with Crippen molar-refractivity contribution in [3.63, 3.8) is 0 Å². The van der Waals surface area contributed by atoms with Crippen molar-refractivity contribution >= 4 is 23.6 Å². The maximum absolute atomic E-state index is 12.4. The molecule has 1 aliphatic heterocycles. The van der Waals surface area contributed by atoms with Crippen LogP contribution in [0, 0.1) is 0 Å². The van der Waals surface area contributed by atoms with Crippen LogP contribution in [0.5, 0.6) is 0 Å². The monoisotopic (exact) mass is 338 g/mol. The first-order valence-corrected chi connectivity index (χ1v) is 7.69. The highest BCUT2D eigenvalue weighted by atomic mass is 35.5. The molecule has 0 saturated carbocycles. The van der Waals surface area contributed by atoms with Crippen LogP contribution in [0.15, 0.2) is 35.5 Å². The Labute approximate surface area is 139 Å². The molecule has 1 atom stereocenters. The number of hydrogen-bond acceptors (Lipinski definition) is 4. The molecule has 2 N–H and O–H groups in total. The van der Waals surface area contributed by atoms with E-state index < -0.39 is 12.0 Å². The Morgan fingerprint density at radius 1 is 1.26 bits per heavy atom. The van der Waals surface area contributed by atoms with E-state index in [0.29, 0.717) is 29.5 Å². The van der Waals surface area contributed by atoms with Gasteiger partial charge in [0.05, 0.1) is 18.2 Å². The van der Waals surface area contributed by atoms with Gasteiger partial charge in [0.25, 0.3) is 0 Å². The van der Waals surface area contributed by atoms with Crippen LogP contribution in [-0.4, -0.2) is 31.8 Å². The van der Waals surface area contributed by atoms with Gasteiger partial charge in [0.15, 0.2) is 0 Å². The third-order valence-corrected chi connectivity index (χ3v) is 3.61. The second-order valence-corrected chi connectivity index (χ2v) is 5.39. The van der Waals surface area contributed by atoms with Crippen molar-refractivity contribution in [2.24, 2.45) is 0 Å². The Bertz CT molecular complexity index is 613. The second-order valence-electron chi connectivity index (χ2n) is 4.95. The number of esters is 1. The highest BCUT2D eigenvalue weighted by Gasteiger charge is 2.32. The Morgan fingerprint density at radius 3 is 2.61 bits per heavy atom. The molecule has 0 fully saturated rings. The summed E-state index contributed by atoms with van der Waals surface area (Å²) in [6.07, 6.45) is 0. The number of hydrogen-bond donors (Lipinski definition) is 2. The SMILES string of the molecule is CCOCCOC(=O)C1=C(C)NC(=O)N[C@@H]1c1ccc(Cl)cc1. The normalized spacial score (nSPS) is 17.5. The quantitative estimate of drug-likeness (QED) is 0.617. The predicted octanol–water partition coefficient (Wildman–Crippen LogP) is 2.55. The van der Waals surface area contributed by atoms with E-state index in [2.05, 4.69) is 10.6 Å². The molecule has 1 aromatic carbocycles. The molecule has 0 unspecified atom stereocenters. The molecular formula is C16H19ClN2O4. The number of carbonyl (C=O) groups is 2. The first kappa shape index (κ1) is 17.3. The van der Waals surface area contributed by atoms with Crippen LogP contribution in [0.4, 0.5) is 4.79 Å². The Hall–Kier alpha value is -2.05. The van der Waals surface area contributed by atoms with Crippen LogP contribution >= 0.6 is 11.6 Å². The Kier molecular flexibility index (Phi) is 6.01. The Morgan fingerprint density at radius 2 is 1.96 bits per heavy atom. The van der Waals surface area contributed by atoms with Crippen molar-refractivity contribution in [2.45, 2.75) is 19.9 Å². The molecule has 7 heteroatoms. The van der Waals surface area contributed by atoms with Crippen LogP contribution in [0.25, 0.3) is 0 Å². The summed E-state index contributed by atoms with van der Waals surface area (Å²) in [4.78, 5) is 24.1. The fraction of sp³-hybridized carbons (Fsp3) is 0.375. The molecule has 0 radical (unpaired) electrons. The van der Waals surface area contributed by atoms with Gasteiger partial charge in [-0.3, -0.25) is 0 Å². The third kappa shape index (κ3) is 4.46. The summed E-state index contributed by atoms with van der Waals surface area (Å²) in [6.45, 7) is 4.58. The topological polar surface area (TPSA) is 76.7 Å². The number of ether oxygens (including phenoxy) is 2. The standard InChI is InChI=1S/C16H19ClN2O4/c1-3-22-8-9-23-15(20)13-10(2)18-16(21)19-14(13)11-4-6-12(17)7-5-11/h4-7,14H,3,8-9H2,1-2H3,(H2,18,19,21)/t14-/m1/s1. The zero-order valence-corrected chi connectivity index (χ0v) is 13.8. The zero-order chi connectivity index (χ0) is 16.8. The predicted molar refractivity (Wildman–Crippen MR) is 86.0 cm³/mol. The molecule has 2 amide bonds. The van der Waals surface area contributed by atoms with Gasteiger partial charge in [-0.1, -0.05) is 23.7 Å². The van der Waals surface area contributed by atoms with E-state index in [1.165, 1.54) is 0 Å². The van der Waals surface area contributed by atoms with Crippen molar-refractivity contribution in [1.82, 2.24) is 10.6 Å². The minimum absolute atomic E-state index is 0.157. The molecule has 124 valence electrons. The van der Waals surface area contributed by atoms with Crippen molar-refractivity contribution in [3.8, 4) is 0 Å². The molecule has 1 aliphatic rings. The van der Waals surface area contributed by atoms with E-state index in [-0.39, 0.29) is 12.6 Å². The van der Waals surface area contributed by atoms with Gasteiger partial charge in [0, 0.05) is 17.3 Å². The largest absolute Gasteiger partial charge is 0.460 e. The highest BCUT2D eigenvalue weighted by molar-refractivity contribution is 6.30. The average Bonchev–Trinajstić information content (AvgIpc) is 2.51.